The Morgan fingerprint density at radius 1 is 1.35 bits per heavy atom. The lowest BCUT2D eigenvalue weighted by Crippen LogP contribution is -2.11. The van der Waals surface area contributed by atoms with E-state index in [-0.39, 0.29) is 5.91 Å². The van der Waals surface area contributed by atoms with Crippen LogP contribution in [0.3, 0.4) is 0 Å². The third-order valence-electron chi connectivity index (χ3n) is 2.97. The minimum absolute atomic E-state index is 0.268. The molecule has 3 rings (SSSR count). The fourth-order valence-corrected chi connectivity index (χ4v) is 1.91. The first-order valence-corrected chi connectivity index (χ1v) is 5.96. The van der Waals surface area contributed by atoms with Crippen molar-refractivity contribution in [2.24, 2.45) is 7.05 Å². The number of pyridine rings is 1. The molecule has 0 aliphatic heterocycles. The highest BCUT2D eigenvalue weighted by Crippen LogP contribution is 2.18. The molecule has 1 aromatic carbocycles. The van der Waals surface area contributed by atoms with E-state index in [1.54, 1.807) is 43.6 Å². The first kappa shape index (κ1) is 12.2. The summed E-state index contributed by atoms with van der Waals surface area (Å²) in [6.07, 6.45) is 3.08. The Balaban J connectivity index is 1.92. The van der Waals surface area contributed by atoms with Crippen LogP contribution in [0.5, 0.6) is 0 Å². The van der Waals surface area contributed by atoms with Crippen LogP contribution in [-0.2, 0) is 7.05 Å². The van der Waals surface area contributed by atoms with Gasteiger partial charge in [0, 0.05) is 31.2 Å². The third-order valence-corrected chi connectivity index (χ3v) is 2.97. The fraction of sp³-hybridized carbons (Fsp3) is 0.0714. The van der Waals surface area contributed by atoms with E-state index in [4.69, 9.17) is 4.42 Å². The van der Waals surface area contributed by atoms with Crippen LogP contribution in [0.1, 0.15) is 10.4 Å². The molecule has 2 heterocycles. The average molecular weight is 269 g/mol. The summed E-state index contributed by atoms with van der Waals surface area (Å²) in [6, 6.07) is 8.41. The van der Waals surface area contributed by atoms with Crippen molar-refractivity contribution in [3.05, 3.63) is 58.8 Å². The predicted molar refractivity (Wildman–Crippen MR) is 73.6 cm³/mol. The zero-order valence-corrected chi connectivity index (χ0v) is 10.7. The van der Waals surface area contributed by atoms with Crippen LogP contribution in [0, 0.1) is 0 Å². The number of oxazole rings is 1. The molecule has 2 aromatic heterocycles. The van der Waals surface area contributed by atoms with Crippen LogP contribution in [0.2, 0.25) is 0 Å². The van der Waals surface area contributed by atoms with Crippen LogP contribution >= 0.6 is 0 Å². The molecule has 100 valence electrons. The smallest absolute Gasteiger partial charge is 0.408 e. The highest BCUT2D eigenvalue weighted by molar-refractivity contribution is 6.04. The number of nitrogens with one attached hydrogen (secondary N) is 1. The Hall–Kier alpha value is -2.89. The molecule has 0 unspecified atom stereocenters. The van der Waals surface area contributed by atoms with Gasteiger partial charge in [-0.3, -0.25) is 14.3 Å². The summed E-state index contributed by atoms with van der Waals surface area (Å²) in [4.78, 5) is 27.3. The van der Waals surface area contributed by atoms with E-state index in [0.29, 0.717) is 22.4 Å². The molecule has 0 aliphatic rings. The van der Waals surface area contributed by atoms with E-state index in [2.05, 4.69) is 10.3 Å². The SMILES string of the molecule is Cn1c(=O)oc2cc(NC(=O)c3cccnc3)ccc21. The summed E-state index contributed by atoms with van der Waals surface area (Å²) >= 11 is 0. The van der Waals surface area contributed by atoms with Gasteiger partial charge in [-0.05, 0) is 24.3 Å². The Morgan fingerprint density at radius 3 is 2.95 bits per heavy atom. The van der Waals surface area contributed by atoms with Gasteiger partial charge in [0.1, 0.15) is 0 Å². The zero-order valence-electron chi connectivity index (χ0n) is 10.7. The number of benzene rings is 1. The molecule has 0 saturated carbocycles. The number of nitrogens with zero attached hydrogens (tertiary/aromatic N) is 2. The number of aromatic nitrogens is 2. The maximum absolute atomic E-state index is 12.0. The topological polar surface area (TPSA) is 77.1 Å². The van der Waals surface area contributed by atoms with E-state index < -0.39 is 5.76 Å². The summed E-state index contributed by atoms with van der Waals surface area (Å²) in [7, 11) is 1.63. The van der Waals surface area contributed by atoms with E-state index in [0.717, 1.165) is 0 Å². The number of rotatable bonds is 2. The van der Waals surface area contributed by atoms with Crippen LogP contribution in [0.4, 0.5) is 5.69 Å². The molecule has 3 aromatic rings. The molecule has 0 spiro atoms. The van der Waals surface area contributed by atoms with Gasteiger partial charge in [-0.1, -0.05) is 0 Å². The van der Waals surface area contributed by atoms with E-state index >= 15 is 0 Å². The van der Waals surface area contributed by atoms with Crippen molar-refractivity contribution < 1.29 is 9.21 Å². The predicted octanol–water partition coefficient (Wildman–Crippen LogP) is 1.78. The van der Waals surface area contributed by atoms with E-state index in [1.807, 2.05) is 0 Å². The molecule has 0 radical (unpaired) electrons. The standard InChI is InChI=1S/C14H11N3O3/c1-17-11-5-4-10(7-12(11)20-14(17)19)16-13(18)9-3-2-6-15-8-9/h2-8H,1H3,(H,16,18). The number of fused-ring (bicyclic) bond motifs is 1. The summed E-state index contributed by atoms with van der Waals surface area (Å²) in [6.45, 7) is 0. The average Bonchev–Trinajstić information content (AvgIpc) is 2.74. The number of carbonyl (C=O) groups excluding carboxylic acids is 1. The van der Waals surface area contributed by atoms with Crippen LogP contribution in [0.15, 0.2) is 51.9 Å². The van der Waals surface area contributed by atoms with Crippen molar-refractivity contribution in [2.45, 2.75) is 0 Å². The molecule has 0 bridgehead atoms. The normalized spacial score (nSPS) is 10.7. The van der Waals surface area contributed by atoms with Crippen LogP contribution in [0.25, 0.3) is 11.1 Å². The second-order valence-corrected chi connectivity index (χ2v) is 4.31. The summed E-state index contributed by atoms with van der Waals surface area (Å²) in [5.41, 5.74) is 2.12. The molecule has 0 fully saturated rings. The van der Waals surface area contributed by atoms with Gasteiger partial charge in [0.2, 0.25) is 0 Å². The van der Waals surface area contributed by atoms with Crippen molar-refractivity contribution in [1.82, 2.24) is 9.55 Å². The Labute approximate surface area is 113 Å². The second-order valence-electron chi connectivity index (χ2n) is 4.31. The van der Waals surface area contributed by atoms with Crippen molar-refractivity contribution in [2.75, 3.05) is 5.32 Å². The van der Waals surface area contributed by atoms with Gasteiger partial charge in [-0.2, -0.15) is 0 Å². The van der Waals surface area contributed by atoms with Gasteiger partial charge in [0.05, 0.1) is 11.1 Å². The highest BCUT2D eigenvalue weighted by atomic mass is 16.4. The number of hydrogen-bond donors (Lipinski definition) is 1. The number of hydrogen-bond acceptors (Lipinski definition) is 4. The summed E-state index contributed by atoms with van der Waals surface area (Å²) < 4.78 is 6.48. The molecule has 20 heavy (non-hydrogen) atoms. The quantitative estimate of drug-likeness (QED) is 0.769. The Kier molecular flexibility index (Phi) is 2.83. The van der Waals surface area contributed by atoms with Gasteiger partial charge in [0.25, 0.3) is 5.91 Å². The second kappa shape index (κ2) is 4.65. The number of anilines is 1. The molecule has 0 saturated heterocycles. The monoisotopic (exact) mass is 269 g/mol. The molecular formula is C14H11N3O3. The van der Waals surface area contributed by atoms with Crippen LogP contribution < -0.4 is 11.1 Å². The Morgan fingerprint density at radius 2 is 2.20 bits per heavy atom. The van der Waals surface area contributed by atoms with Crippen molar-refractivity contribution in [3.63, 3.8) is 0 Å². The lowest BCUT2D eigenvalue weighted by Gasteiger charge is -2.04. The highest BCUT2D eigenvalue weighted by Gasteiger charge is 2.09. The molecule has 0 atom stereocenters. The Bertz CT molecular complexity index is 834. The zero-order chi connectivity index (χ0) is 14.1. The molecule has 1 amide bonds. The maximum atomic E-state index is 12.0. The number of carbonyl (C=O) groups is 1. The summed E-state index contributed by atoms with van der Waals surface area (Å²) in [5.74, 6) is -0.702. The molecular weight excluding hydrogens is 258 g/mol. The van der Waals surface area contributed by atoms with Gasteiger partial charge in [0.15, 0.2) is 5.58 Å². The fourth-order valence-electron chi connectivity index (χ4n) is 1.91. The van der Waals surface area contributed by atoms with Crippen molar-refractivity contribution in [3.8, 4) is 0 Å². The lowest BCUT2D eigenvalue weighted by atomic mass is 10.2. The first-order valence-electron chi connectivity index (χ1n) is 5.96. The van der Waals surface area contributed by atoms with E-state index in [1.165, 1.54) is 10.8 Å². The first-order chi connectivity index (χ1) is 9.65. The van der Waals surface area contributed by atoms with E-state index in [9.17, 15) is 9.59 Å². The van der Waals surface area contributed by atoms with Gasteiger partial charge in [-0.25, -0.2) is 4.79 Å². The minimum Gasteiger partial charge on any atom is -0.408 e. The lowest BCUT2D eigenvalue weighted by molar-refractivity contribution is 0.102. The maximum Gasteiger partial charge on any atom is 0.419 e. The van der Waals surface area contributed by atoms with Crippen molar-refractivity contribution >= 4 is 22.7 Å². The van der Waals surface area contributed by atoms with Gasteiger partial charge >= 0.3 is 5.76 Å². The number of amides is 1. The minimum atomic E-state index is -0.435. The number of aryl methyl sites for hydroxylation is 1. The van der Waals surface area contributed by atoms with Crippen molar-refractivity contribution in [1.29, 1.82) is 0 Å². The molecule has 6 nitrogen and oxygen atoms in total. The largest absolute Gasteiger partial charge is 0.419 e. The molecule has 0 aliphatic carbocycles. The summed E-state index contributed by atoms with van der Waals surface area (Å²) in [5, 5.41) is 2.73. The van der Waals surface area contributed by atoms with Gasteiger partial charge < -0.3 is 9.73 Å². The third kappa shape index (κ3) is 2.07. The molecule has 6 heteroatoms. The van der Waals surface area contributed by atoms with Gasteiger partial charge in [-0.15, -0.1) is 0 Å². The van der Waals surface area contributed by atoms with Crippen LogP contribution in [-0.4, -0.2) is 15.5 Å². The molecule has 1 N–H and O–H groups in total.